The van der Waals surface area contributed by atoms with Crippen molar-refractivity contribution in [2.24, 2.45) is 0 Å². The maximum Gasteiger partial charge on any atom is 0.0878 e. The number of rotatable bonds is 1. The van der Waals surface area contributed by atoms with Crippen LogP contribution < -0.4 is 0 Å². The van der Waals surface area contributed by atoms with Crippen LogP contribution >= 0.6 is 43.5 Å². The van der Waals surface area contributed by atoms with Crippen LogP contribution in [0.1, 0.15) is 5.56 Å². The summed E-state index contributed by atoms with van der Waals surface area (Å²) in [5, 5.41) is 1.68. The Labute approximate surface area is 139 Å². The predicted molar refractivity (Wildman–Crippen MR) is 92.3 cm³/mol. The van der Waals surface area contributed by atoms with Crippen molar-refractivity contribution in [1.29, 1.82) is 0 Å². The van der Waals surface area contributed by atoms with Gasteiger partial charge in [0.25, 0.3) is 0 Å². The van der Waals surface area contributed by atoms with Gasteiger partial charge in [-0.05, 0) is 40.5 Å². The van der Waals surface area contributed by atoms with E-state index in [0.717, 1.165) is 41.7 Å². The van der Waals surface area contributed by atoms with Gasteiger partial charge in [0.05, 0.1) is 16.2 Å². The topological polar surface area (TPSA) is 12.9 Å². The molecular weight excluding hydrogens is 401 g/mol. The molecule has 0 atom stereocenters. The quantitative estimate of drug-likeness (QED) is 0.452. The molecule has 0 N–H and O–H groups in total. The first-order valence-electron chi connectivity index (χ1n) is 6.09. The van der Waals surface area contributed by atoms with E-state index in [1.807, 2.05) is 49.4 Å². The third-order valence-electron chi connectivity index (χ3n) is 3.25. The average Bonchev–Trinajstić information content (AvgIpc) is 2.47. The van der Waals surface area contributed by atoms with Gasteiger partial charge in [0, 0.05) is 19.9 Å². The lowest BCUT2D eigenvalue weighted by atomic mass is 10.0. The lowest BCUT2D eigenvalue weighted by Crippen LogP contribution is -1.93. The summed E-state index contributed by atoms with van der Waals surface area (Å²) in [5.74, 6) is 0. The van der Waals surface area contributed by atoms with Crippen LogP contribution in [-0.2, 0) is 0 Å². The molecule has 0 saturated heterocycles. The Bertz CT molecular complexity index is 801. The van der Waals surface area contributed by atoms with Gasteiger partial charge < -0.3 is 0 Å². The van der Waals surface area contributed by atoms with Gasteiger partial charge >= 0.3 is 0 Å². The van der Waals surface area contributed by atoms with Crippen molar-refractivity contribution in [2.75, 3.05) is 0 Å². The largest absolute Gasteiger partial charge is 0.246 e. The standard InChI is InChI=1S/C16H10Br2ClN/c1-9-14(19)13-11(17)7-8-12(18)16(13)20-15(9)10-5-3-2-4-6-10/h2-8H,1H3. The second-order valence-electron chi connectivity index (χ2n) is 4.52. The third-order valence-corrected chi connectivity index (χ3v) is 5.03. The normalized spacial score (nSPS) is 11.0. The number of hydrogen-bond donors (Lipinski definition) is 0. The predicted octanol–water partition coefficient (Wildman–Crippen LogP) is 6.39. The molecule has 0 aliphatic rings. The first kappa shape index (κ1) is 14.1. The number of aromatic nitrogens is 1. The molecule has 0 unspecified atom stereocenters. The summed E-state index contributed by atoms with van der Waals surface area (Å²) >= 11 is 13.7. The van der Waals surface area contributed by atoms with E-state index in [0.29, 0.717) is 0 Å². The van der Waals surface area contributed by atoms with E-state index in [1.165, 1.54) is 0 Å². The van der Waals surface area contributed by atoms with E-state index in [2.05, 4.69) is 31.9 Å². The highest BCUT2D eigenvalue weighted by Crippen LogP contribution is 2.39. The van der Waals surface area contributed by atoms with Gasteiger partial charge in [0.2, 0.25) is 0 Å². The summed E-state index contributed by atoms with van der Waals surface area (Å²) in [4.78, 5) is 4.80. The van der Waals surface area contributed by atoms with Crippen molar-refractivity contribution in [1.82, 2.24) is 4.98 Å². The number of benzene rings is 2. The number of halogens is 3. The molecule has 3 rings (SSSR count). The Kier molecular flexibility index (Phi) is 3.85. The van der Waals surface area contributed by atoms with Crippen molar-refractivity contribution in [3.05, 3.63) is 62.0 Å². The monoisotopic (exact) mass is 409 g/mol. The fourth-order valence-corrected chi connectivity index (χ4v) is 3.56. The number of fused-ring (bicyclic) bond motifs is 1. The Morgan fingerprint density at radius 2 is 1.60 bits per heavy atom. The van der Waals surface area contributed by atoms with Crippen LogP contribution in [-0.4, -0.2) is 4.98 Å². The van der Waals surface area contributed by atoms with Crippen molar-refractivity contribution in [3.8, 4) is 11.3 Å². The summed E-state index contributed by atoms with van der Waals surface area (Å²) < 4.78 is 1.89. The zero-order valence-corrected chi connectivity index (χ0v) is 14.6. The molecule has 0 aliphatic carbocycles. The van der Waals surface area contributed by atoms with Gasteiger partial charge in [-0.3, -0.25) is 0 Å². The van der Waals surface area contributed by atoms with Crippen LogP contribution in [0.3, 0.4) is 0 Å². The smallest absolute Gasteiger partial charge is 0.0878 e. The minimum atomic E-state index is 0.738. The molecule has 0 spiro atoms. The van der Waals surface area contributed by atoms with E-state index >= 15 is 0 Å². The Morgan fingerprint density at radius 3 is 2.30 bits per heavy atom. The van der Waals surface area contributed by atoms with E-state index in [9.17, 15) is 0 Å². The summed E-state index contributed by atoms with van der Waals surface area (Å²) in [6.07, 6.45) is 0. The molecule has 20 heavy (non-hydrogen) atoms. The van der Waals surface area contributed by atoms with Gasteiger partial charge in [-0.25, -0.2) is 4.98 Å². The molecule has 0 aliphatic heterocycles. The molecule has 0 amide bonds. The first-order valence-corrected chi connectivity index (χ1v) is 8.05. The molecule has 3 aromatic rings. The maximum atomic E-state index is 6.57. The van der Waals surface area contributed by atoms with E-state index in [1.54, 1.807) is 0 Å². The second-order valence-corrected chi connectivity index (χ2v) is 6.60. The van der Waals surface area contributed by atoms with Gasteiger partial charge in [0.15, 0.2) is 0 Å². The maximum absolute atomic E-state index is 6.57. The van der Waals surface area contributed by atoms with Crippen LogP contribution in [0.4, 0.5) is 0 Å². The first-order chi connectivity index (χ1) is 9.59. The molecular formula is C16H10Br2ClN. The minimum Gasteiger partial charge on any atom is -0.246 e. The molecule has 0 radical (unpaired) electrons. The molecule has 1 nitrogen and oxygen atoms in total. The minimum absolute atomic E-state index is 0.738. The summed E-state index contributed by atoms with van der Waals surface area (Å²) in [5.41, 5.74) is 3.85. The highest BCUT2D eigenvalue weighted by atomic mass is 79.9. The zero-order valence-electron chi connectivity index (χ0n) is 10.6. The van der Waals surface area contributed by atoms with E-state index in [-0.39, 0.29) is 0 Å². The van der Waals surface area contributed by atoms with Crippen LogP contribution in [0.15, 0.2) is 51.4 Å². The van der Waals surface area contributed by atoms with Gasteiger partial charge in [-0.15, -0.1) is 0 Å². The molecule has 1 aromatic heterocycles. The summed E-state index contributed by atoms with van der Waals surface area (Å²) in [6, 6.07) is 14.0. The Balaban J connectivity index is 2.42. The van der Waals surface area contributed by atoms with Crippen molar-refractivity contribution in [2.45, 2.75) is 6.92 Å². The number of nitrogens with zero attached hydrogens (tertiary/aromatic N) is 1. The average molecular weight is 412 g/mol. The summed E-state index contributed by atoms with van der Waals surface area (Å²) in [7, 11) is 0. The van der Waals surface area contributed by atoms with E-state index in [4.69, 9.17) is 16.6 Å². The van der Waals surface area contributed by atoms with Crippen molar-refractivity contribution < 1.29 is 0 Å². The fraction of sp³-hybridized carbons (Fsp3) is 0.0625. The van der Waals surface area contributed by atoms with Crippen LogP contribution in [0.2, 0.25) is 5.02 Å². The highest BCUT2D eigenvalue weighted by molar-refractivity contribution is 9.11. The zero-order chi connectivity index (χ0) is 14.3. The lowest BCUT2D eigenvalue weighted by Gasteiger charge is -2.12. The van der Waals surface area contributed by atoms with E-state index < -0.39 is 0 Å². The number of hydrogen-bond acceptors (Lipinski definition) is 1. The third kappa shape index (κ3) is 2.28. The fourth-order valence-electron chi connectivity index (χ4n) is 2.22. The number of pyridine rings is 1. The molecule has 4 heteroatoms. The van der Waals surface area contributed by atoms with Crippen LogP contribution in [0.25, 0.3) is 22.2 Å². The highest BCUT2D eigenvalue weighted by Gasteiger charge is 2.15. The van der Waals surface area contributed by atoms with Crippen LogP contribution in [0, 0.1) is 6.92 Å². The van der Waals surface area contributed by atoms with Crippen LogP contribution in [0.5, 0.6) is 0 Å². The molecule has 0 fully saturated rings. The molecule has 2 aromatic carbocycles. The van der Waals surface area contributed by atoms with Crippen molar-refractivity contribution >= 4 is 54.4 Å². The molecule has 0 bridgehead atoms. The Morgan fingerprint density at radius 1 is 0.950 bits per heavy atom. The van der Waals surface area contributed by atoms with Gasteiger partial charge in [-0.1, -0.05) is 57.9 Å². The molecule has 0 saturated carbocycles. The lowest BCUT2D eigenvalue weighted by molar-refractivity contribution is 1.32. The van der Waals surface area contributed by atoms with Gasteiger partial charge in [-0.2, -0.15) is 0 Å². The SMILES string of the molecule is Cc1c(-c2ccccc2)nc2c(Br)ccc(Br)c2c1Cl. The second kappa shape index (κ2) is 5.47. The van der Waals surface area contributed by atoms with Gasteiger partial charge in [0.1, 0.15) is 0 Å². The Hall–Kier alpha value is -0.900. The summed E-state index contributed by atoms with van der Waals surface area (Å²) in [6.45, 7) is 2.00. The van der Waals surface area contributed by atoms with Crippen molar-refractivity contribution in [3.63, 3.8) is 0 Å². The molecule has 1 heterocycles. The molecule has 100 valence electrons.